The van der Waals surface area contributed by atoms with Crippen LogP contribution in [0.5, 0.6) is 11.5 Å². The zero-order valence-corrected chi connectivity index (χ0v) is 38.7. The fourth-order valence-electron chi connectivity index (χ4n) is 10.7. The van der Waals surface area contributed by atoms with Crippen molar-refractivity contribution >= 4 is 34.2 Å². The first-order valence-electron chi connectivity index (χ1n) is 24.1. The summed E-state index contributed by atoms with van der Waals surface area (Å²) in [6.07, 6.45) is 15.6. The second-order valence-corrected chi connectivity index (χ2v) is 18.1. The molecule has 7 unspecified atom stereocenters. The van der Waals surface area contributed by atoms with Crippen LogP contribution in [-0.4, -0.2) is 82.8 Å². The molecule has 68 heavy (non-hydrogen) atoms. The summed E-state index contributed by atoms with van der Waals surface area (Å²) in [6.45, 7) is 9.27. The Kier molecular flexibility index (Phi) is 16.2. The molecule has 2 aliphatic heterocycles. The Morgan fingerprint density at radius 3 is 2.47 bits per heavy atom. The molecule has 7 atom stereocenters. The van der Waals surface area contributed by atoms with Gasteiger partial charge in [0.25, 0.3) is 5.69 Å². The van der Waals surface area contributed by atoms with E-state index in [-0.39, 0.29) is 62.1 Å². The molecule has 4 aromatic carbocycles. The Labute approximate surface area is 398 Å². The minimum atomic E-state index is -1.51. The van der Waals surface area contributed by atoms with Crippen LogP contribution in [0.1, 0.15) is 86.8 Å². The van der Waals surface area contributed by atoms with Crippen LogP contribution >= 0.6 is 0 Å². The molecule has 13 heteroatoms. The van der Waals surface area contributed by atoms with E-state index in [9.17, 15) is 20.3 Å². The summed E-state index contributed by atoms with van der Waals surface area (Å²) < 4.78 is 26.9. The van der Waals surface area contributed by atoms with Crippen LogP contribution in [0.4, 0.5) is 5.69 Å². The fraction of sp³-hybridized carbons (Fsp3) is 0.418. The SMILES string of the molecule is C=CCOc1ccc2c(c1)C1C(CCCCO)C(CCCCO)C=C3C(=NOC4CCCCO4)CC(N(Cc4cccc5ccccc45)C(=O)C=Cc4ccc([N+](=O)[O-])cc4)C(OCC=C)(O2)C31. The van der Waals surface area contributed by atoms with Gasteiger partial charge in [0, 0.05) is 62.3 Å². The molecule has 0 spiro atoms. The molecule has 2 aliphatic carbocycles. The van der Waals surface area contributed by atoms with Crippen molar-refractivity contribution in [3.63, 3.8) is 0 Å². The lowest BCUT2D eigenvalue weighted by molar-refractivity contribution is -0.384. The lowest BCUT2D eigenvalue weighted by Gasteiger charge is -2.60. The summed E-state index contributed by atoms with van der Waals surface area (Å²) in [5.74, 6) is -1.29. The van der Waals surface area contributed by atoms with Crippen molar-refractivity contribution < 1.29 is 43.7 Å². The number of rotatable bonds is 22. The summed E-state index contributed by atoms with van der Waals surface area (Å²) >= 11 is 0. The van der Waals surface area contributed by atoms with Crippen molar-refractivity contribution in [1.82, 2.24) is 4.90 Å². The van der Waals surface area contributed by atoms with E-state index >= 15 is 4.79 Å². The minimum absolute atomic E-state index is 0.0184. The molecule has 8 rings (SSSR count). The molecule has 1 amide bonds. The third-order valence-electron chi connectivity index (χ3n) is 13.8. The molecule has 13 nitrogen and oxygen atoms in total. The molecule has 0 aromatic heterocycles. The summed E-state index contributed by atoms with van der Waals surface area (Å²) in [6, 6.07) is 25.3. The van der Waals surface area contributed by atoms with Gasteiger partial charge in [-0.25, -0.2) is 0 Å². The lowest BCUT2D eigenvalue weighted by Crippen LogP contribution is -2.70. The van der Waals surface area contributed by atoms with Gasteiger partial charge < -0.3 is 38.9 Å². The van der Waals surface area contributed by atoms with E-state index in [1.54, 1.807) is 30.4 Å². The number of unbranched alkanes of at least 4 members (excludes halogenated alkanes) is 2. The lowest BCUT2D eigenvalue weighted by atomic mass is 9.55. The number of non-ortho nitro benzene ring substituents is 1. The van der Waals surface area contributed by atoms with Gasteiger partial charge in [0.15, 0.2) is 0 Å². The maximum Gasteiger partial charge on any atom is 0.269 e. The van der Waals surface area contributed by atoms with E-state index in [0.29, 0.717) is 55.3 Å². The predicted molar refractivity (Wildman–Crippen MR) is 262 cm³/mol. The summed E-state index contributed by atoms with van der Waals surface area (Å²) in [5.41, 5.74) is 4.01. The van der Waals surface area contributed by atoms with E-state index < -0.39 is 29.0 Å². The Bertz CT molecular complexity index is 2490. The number of amides is 1. The molecule has 1 saturated carbocycles. The predicted octanol–water partition coefficient (Wildman–Crippen LogP) is 10.2. The highest BCUT2D eigenvalue weighted by molar-refractivity contribution is 6.03. The van der Waals surface area contributed by atoms with Crippen molar-refractivity contribution in [2.75, 3.05) is 33.0 Å². The number of benzene rings is 4. The van der Waals surface area contributed by atoms with Crippen molar-refractivity contribution in [1.29, 1.82) is 0 Å². The van der Waals surface area contributed by atoms with Crippen molar-refractivity contribution in [2.24, 2.45) is 22.9 Å². The first-order valence-corrected chi connectivity index (χ1v) is 24.1. The zero-order valence-electron chi connectivity index (χ0n) is 38.7. The second kappa shape index (κ2) is 22.8. The van der Waals surface area contributed by atoms with Gasteiger partial charge in [-0.2, -0.15) is 0 Å². The number of nitro groups is 1. The number of fused-ring (bicyclic) bond motifs is 3. The van der Waals surface area contributed by atoms with Gasteiger partial charge in [-0.05, 0) is 114 Å². The number of oxime groups is 1. The van der Waals surface area contributed by atoms with Crippen molar-refractivity contribution in [3.05, 3.63) is 155 Å². The van der Waals surface area contributed by atoms with Gasteiger partial charge in [-0.1, -0.05) is 85.3 Å². The Balaban J connectivity index is 1.36. The number of carbonyl (C=O) groups excluding carboxylic acids is 1. The number of nitrogens with zero attached hydrogens (tertiary/aromatic N) is 3. The molecule has 358 valence electrons. The number of nitro benzene ring substituents is 1. The second-order valence-electron chi connectivity index (χ2n) is 18.1. The van der Waals surface area contributed by atoms with Crippen LogP contribution < -0.4 is 9.47 Å². The quantitative estimate of drug-likeness (QED) is 0.0255. The zero-order chi connectivity index (χ0) is 47.5. The van der Waals surface area contributed by atoms with Gasteiger partial charge in [0.05, 0.1) is 29.8 Å². The van der Waals surface area contributed by atoms with Gasteiger partial charge in [0.2, 0.25) is 18.0 Å². The van der Waals surface area contributed by atoms with E-state index in [1.807, 2.05) is 41.3 Å². The molecule has 0 radical (unpaired) electrons. The van der Waals surface area contributed by atoms with Gasteiger partial charge in [0.1, 0.15) is 24.1 Å². The average molecular weight is 926 g/mol. The highest BCUT2D eigenvalue weighted by Crippen LogP contribution is 2.62. The first-order chi connectivity index (χ1) is 33.3. The molecule has 4 aromatic rings. The topological polar surface area (TPSA) is 162 Å². The molecule has 1 saturated heterocycles. The Hall–Kier alpha value is -6.12. The molecule has 2 heterocycles. The van der Waals surface area contributed by atoms with Crippen LogP contribution in [0.2, 0.25) is 0 Å². The number of hydrogen-bond donors (Lipinski definition) is 2. The summed E-state index contributed by atoms with van der Waals surface area (Å²) in [4.78, 5) is 34.7. The standard InChI is InChI=1S/C55H63N3O10/c1-3-31-64-43-26-27-49-47(35-43)53-45(19-8-11-30-60)40(15-7-10-29-59)34-46-48(56-68-52-20-9-12-33-65-52)36-50(55(67-49,54(46)53)66-32-4-2)57(37-41-17-13-16-39-14-5-6-18-44(39)41)51(61)28-23-38-21-24-42(25-22-38)58(62)63/h3-6,13-14,16-18,21-28,34-35,40,45,50,52-54,59-60H,1-2,7-12,15,19-20,29-33,36-37H2. The Morgan fingerprint density at radius 2 is 1.72 bits per heavy atom. The van der Waals surface area contributed by atoms with E-state index in [4.69, 9.17) is 28.9 Å². The number of carbonyl (C=O) groups is 1. The van der Waals surface area contributed by atoms with Crippen LogP contribution in [0.25, 0.3) is 16.8 Å². The van der Waals surface area contributed by atoms with Crippen LogP contribution in [0.15, 0.2) is 133 Å². The first kappa shape index (κ1) is 48.3. The van der Waals surface area contributed by atoms with Crippen molar-refractivity contribution in [2.45, 2.75) is 94.8 Å². The molecular formula is C55H63N3O10. The fourth-order valence-corrected chi connectivity index (χ4v) is 10.7. The monoisotopic (exact) mass is 925 g/mol. The number of ether oxygens (including phenoxy) is 4. The largest absolute Gasteiger partial charge is 0.490 e. The van der Waals surface area contributed by atoms with Gasteiger partial charge >= 0.3 is 0 Å². The number of hydrogen-bond acceptors (Lipinski definition) is 11. The molecule has 0 bridgehead atoms. The summed E-state index contributed by atoms with van der Waals surface area (Å²) in [5, 5.41) is 38.6. The minimum Gasteiger partial charge on any atom is -0.490 e. The maximum absolute atomic E-state index is 15.4. The summed E-state index contributed by atoms with van der Waals surface area (Å²) in [7, 11) is 0. The van der Waals surface area contributed by atoms with Gasteiger partial charge in [-0.15, -0.1) is 6.58 Å². The smallest absolute Gasteiger partial charge is 0.269 e. The third kappa shape index (κ3) is 10.6. The van der Waals surface area contributed by atoms with Crippen LogP contribution in [-0.2, 0) is 25.7 Å². The molecule has 4 aliphatic rings. The van der Waals surface area contributed by atoms with Crippen molar-refractivity contribution in [3.8, 4) is 11.5 Å². The molecular weight excluding hydrogens is 863 g/mol. The van der Waals surface area contributed by atoms with E-state index in [0.717, 1.165) is 66.0 Å². The highest BCUT2D eigenvalue weighted by atomic mass is 16.8. The van der Waals surface area contributed by atoms with Crippen LogP contribution in [0.3, 0.4) is 0 Å². The van der Waals surface area contributed by atoms with E-state index in [2.05, 4.69) is 43.5 Å². The normalized spacial score (nSPS) is 24.6. The van der Waals surface area contributed by atoms with Gasteiger partial charge in [-0.3, -0.25) is 14.9 Å². The maximum atomic E-state index is 15.4. The average Bonchev–Trinajstić information content (AvgIpc) is 3.37. The number of allylic oxidation sites excluding steroid dienone is 1. The third-order valence-corrected chi connectivity index (χ3v) is 13.8. The van der Waals surface area contributed by atoms with E-state index in [1.165, 1.54) is 18.2 Å². The highest BCUT2D eigenvalue weighted by Gasteiger charge is 2.65. The Morgan fingerprint density at radius 1 is 0.941 bits per heavy atom. The molecule has 2 N–H and O–H groups in total. The number of aliphatic hydroxyl groups is 2. The number of aliphatic hydroxyl groups excluding tert-OH is 2. The molecule has 2 fully saturated rings. The van der Waals surface area contributed by atoms with Crippen LogP contribution in [0, 0.1) is 27.9 Å².